The van der Waals surface area contributed by atoms with Gasteiger partial charge in [0.1, 0.15) is 0 Å². The number of aromatic nitrogens is 1. The second-order valence-corrected chi connectivity index (χ2v) is 3.83. The molecule has 0 fully saturated rings. The molecule has 7 nitrogen and oxygen atoms in total. The number of carbonyl (C=O) groups excluding carboxylic acids is 1. The van der Waals surface area contributed by atoms with Crippen LogP contribution in [0.3, 0.4) is 0 Å². The Hall–Kier alpha value is -2.39. The van der Waals surface area contributed by atoms with Crippen molar-refractivity contribution in [3.05, 3.63) is 27.6 Å². The van der Waals surface area contributed by atoms with Crippen LogP contribution in [0.5, 0.6) is 5.75 Å². The first-order valence-electron chi connectivity index (χ1n) is 5.70. The predicted octanol–water partition coefficient (Wildman–Crippen LogP) is 2.30. The molecule has 21 heavy (non-hydrogen) atoms. The summed E-state index contributed by atoms with van der Waals surface area (Å²) in [4.78, 5) is 24.8. The first-order chi connectivity index (χ1) is 9.64. The predicted molar refractivity (Wildman–Crippen MR) is 62.6 cm³/mol. The van der Waals surface area contributed by atoms with Crippen LogP contribution in [0.1, 0.15) is 18.3 Å². The third kappa shape index (κ3) is 4.89. The van der Waals surface area contributed by atoms with Gasteiger partial charge in [-0.1, -0.05) is 0 Å². The number of pyridine rings is 1. The molecule has 0 bridgehead atoms. The lowest BCUT2D eigenvalue weighted by molar-refractivity contribution is -0.388. The van der Waals surface area contributed by atoms with E-state index in [1.165, 1.54) is 0 Å². The van der Waals surface area contributed by atoms with Crippen LogP contribution >= 0.6 is 0 Å². The lowest BCUT2D eigenvalue weighted by Crippen LogP contribution is -2.19. The molecule has 0 unspecified atom stereocenters. The number of ether oxygens (including phenoxy) is 2. The van der Waals surface area contributed by atoms with Gasteiger partial charge in [0.15, 0.2) is 0 Å². The quantitative estimate of drug-likeness (QED) is 0.471. The van der Waals surface area contributed by atoms with Gasteiger partial charge in [-0.2, -0.15) is 0 Å². The van der Waals surface area contributed by atoms with E-state index in [1.54, 1.807) is 6.92 Å². The Labute approximate surface area is 116 Å². The number of rotatable bonds is 5. The fourth-order valence-electron chi connectivity index (χ4n) is 1.54. The highest BCUT2D eigenvalue weighted by molar-refractivity contribution is 5.72. The van der Waals surface area contributed by atoms with Gasteiger partial charge >= 0.3 is 18.0 Å². The summed E-state index contributed by atoms with van der Waals surface area (Å²) in [6.07, 6.45) is -5.47. The summed E-state index contributed by atoms with van der Waals surface area (Å²) < 4.78 is 44.9. The van der Waals surface area contributed by atoms with Crippen LogP contribution < -0.4 is 4.74 Å². The van der Waals surface area contributed by atoms with Gasteiger partial charge in [0, 0.05) is 6.07 Å². The van der Waals surface area contributed by atoms with Crippen molar-refractivity contribution < 1.29 is 32.4 Å². The van der Waals surface area contributed by atoms with Gasteiger partial charge in [-0.15, -0.1) is 13.2 Å². The zero-order valence-electron chi connectivity index (χ0n) is 11.1. The molecule has 0 aromatic carbocycles. The normalized spacial score (nSPS) is 11.1. The van der Waals surface area contributed by atoms with Crippen LogP contribution in [0.15, 0.2) is 6.07 Å². The molecule has 10 heteroatoms. The summed E-state index contributed by atoms with van der Waals surface area (Å²) in [5.74, 6) is -1.69. The van der Waals surface area contributed by atoms with Gasteiger partial charge < -0.3 is 9.47 Å². The van der Waals surface area contributed by atoms with E-state index in [-0.39, 0.29) is 24.4 Å². The van der Waals surface area contributed by atoms with Crippen molar-refractivity contribution in [2.75, 3.05) is 6.61 Å². The maximum absolute atomic E-state index is 12.2. The second-order valence-electron chi connectivity index (χ2n) is 3.83. The fraction of sp³-hybridized carbons (Fsp3) is 0.455. The van der Waals surface area contributed by atoms with Crippen molar-refractivity contribution in [2.45, 2.75) is 26.6 Å². The highest BCUT2D eigenvalue weighted by atomic mass is 19.4. The molecule has 0 saturated heterocycles. The lowest BCUT2D eigenvalue weighted by Gasteiger charge is -2.12. The topological polar surface area (TPSA) is 91.6 Å². The molecular formula is C11H11F3N2O5. The molecule has 116 valence electrons. The summed E-state index contributed by atoms with van der Waals surface area (Å²) in [5, 5.41) is 10.8. The van der Waals surface area contributed by atoms with Gasteiger partial charge in [0.2, 0.25) is 5.75 Å². The average molecular weight is 308 g/mol. The Morgan fingerprint density at radius 3 is 2.57 bits per heavy atom. The lowest BCUT2D eigenvalue weighted by atomic mass is 10.2. The maximum Gasteiger partial charge on any atom is 0.573 e. The van der Waals surface area contributed by atoms with E-state index >= 15 is 0 Å². The van der Waals surface area contributed by atoms with Crippen molar-refractivity contribution in [2.24, 2.45) is 0 Å². The van der Waals surface area contributed by atoms with Crippen LogP contribution in [0.2, 0.25) is 0 Å². The van der Waals surface area contributed by atoms with Crippen LogP contribution in [0.25, 0.3) is 0 Å². The summed E-state index contributed by atoms with van der Waals surface area (Å²) in [5.41, 5.74) is -1.34. The zero-order valence-corrected chi connectivity index (χ0v) is 11.1. The Kier molecular flexibility index (Phi) is 5.06. The second kappa shape index (κ2) is 6.37. The molecule has 1 aromatic rings. The molecule has 1 rings (SSSR count). The van der Waals surface area contributed by atoms with Gasteiger partial charge in [-0.25, -0.2) is 0 Å². The van der Waals surface area contributed by atoms with E-state index in [1.807, 2.05) is 0 Å². The molecule has 0 atom stereocenters. The highest BCUT2D eigenvalue weighted by Gasteiger charge is 2.36. The molecule has 0 spiro atoms. The first-order valence-corrected chi connectivity index (χ1v) is 5.70. The Morgan fingerprint density at radius 2 is 2.10 bits per heavy atom. The van der Waals surface area contributed by atoms with Gasteiger partial charge in [-0.05, 0) is 13.8 Å². The smallest absolute Gasteiger partial charge is 0.466 e. The largest absolute Gasteiger partial charge is 0.573 e. The number of hydrogen-bond donors (Lipinski definition) is 0. The standard InChI is InChI=1S/C11H11F3N2O5/c1-3-20-9(17)5-7-4-8(16(18)19)10(6(2)15-7)21-11(12,13)14/h4H,3,5H2,1-2H3. The zero-order chi connectivity index (χ0) is 16.2. The van der Waals surface area contributed by atoms with Gasteiger partial charge in [0.05, 0.1) is 29.3 Å². The minimum atomic E-state index is -5.08. The summed E-state index contributed by atoms with van der Waals surface area (Å²) in [6.45, 7) is 2.79. The number of halogens is 3. The molecule has 1 aromatic heterocycles. The van der Waals surface area contributed by atoms with E-state index in [9.17, 15) is 28.1 Å². The van der Waals surface area contributed by atoms with Gasteiger partial charge in [0.25, 0.3) is 0 Å². The number of aryl methyl sites for hydroxylation is 1. The van der Waals surface area contributed by atoms with Crippen molar-refractivity contribution >= 4 is 11.7 Å². The van der Waals surface area contributed by atoms with Crippen LogP contribution in [-0.2, 0) is 16.0 Å². The highest BCUT2D eigenvalue weighted by Crippen LogP contribution is 2.34. The number of nitrogens with zero attached hydrogens (tertiary/aromatic N) is 2. The molecule has 0 saturated carbocycles. The van der Waals surface area contributed by atoms with E-state index < -0.39 is 28.7 Å². The third-order valence-electron chi connectivity index (χ3n) is 2.22. The molecule has 0 amide bonds. The summed E-state index contributed by atoms with van der Waals surface area (Å²) >= 11 is 0. The van der Waals surface area contributed by atoms with E-state index in [4.69, 9.17) is 0 Å². The third-order valence-corrected chi connectivity index (χ3v) is 2.22. The number of nitro groups is 1. The summed E-state index contributed by atoms with van der Waals surface area (Å²) in [6, 6.07) is 0.755. The molecule has 0 radical (unpaired) electrons. The van der Waals surface area contributed by atoms with E-state index in [0.29, 0.717) is 0 Å². The molecule has 0 N–H and O–H groups in total. The van der Waals surface area contributed by atoms with E-state index in [2.05, 4.69) is 14.5 Å². The monoisotopic (exact) mass is 308 g/mol. The molecule has 0 aliphatic heterocycles. The average Bonchev–Trinajstić information content (AvgIpc) is 2.30. The van der Waals surface area contributed by atoms with E-state index in [0.717, 1.165) is 13.0 Å². The Balaban J connectivity index is 3.18. The van der Waals surface area contributed by atoms with Gasteiger partial charge in [-0.3, -0.25) is 19.9 Å². The fourth-order valence-corrected chi connectivity index (χ4v) is 1.54. The molecule has 1 heterocycles. The van der Waals surface area contributed by atoms with Crippen molar-refractivity contribution in [3.63, 3.8) is 0 Å². The number of alkyl halides is 3. The number of carbonyl (C=O) groups is 1. The maximum atomic E-state index is 12.2. The minimum absolute atomic E-state index is 0.0767. The first kappa shape index (κ1) is 16.7. The summed E-state index contributed by atoms with van der Waals surface area (Å²) in [7, 11) is 0. The van der Waals surface area contributed by atoms with Crippen LogP contribution in [-0.4, -0.2) is 28.8 Å². The number of hydrogen-bond acceptors (Lipinski definition) is 6. The van der Waals surface area contributed by atoms with Crippen molar-refractivity contribution in [1.82, 2.24) is 4.98 Å². The van der Waals surface area contributed by atoms with Crippen LogP contribution in [0, 0.1) is 17.0 Å². The molecule has 0 aliphatic rings. The minimum Gasteiger partial charge on any atom is -0.466 e. The van der Waals surface area contributed by atoms with Crippen molar-refractivity contribution in [3.8, 4) is 5.75 Å². The molecular weight excluding hydrogens is 297 g/mol. The SMILES string of the molecule is CCOC(=O)Cc1cc([N+](=O)[O-])c(OC(F)(F)F)c(C)n1. The Morgan fingerprint density at radius 1 is 1.48 bits per heavy atom. The number of esters is 1. The Bertz CT molecular complexity index is 560. The van der Waals surface area contributed by atoms with Crippen LogP contribution in [0.4, 0.5) is 18.9 Å². The van der Waals surface area contributed by atoms with Crippen molar-refractivity contribution in [1.29, 1.82) is 0 Å². The molecule has 0 aliphatic carbocycles.